The second-order valence-electron chi connectivity index (χ2n) is 7.91. The van der Waals surface area contributed by atoms with Crippen molar-refractivity contribution in [3.05, 3.63) is 65.7 Å². The Morgan fingerprint density at radius 1 is 0.862 bits per heavy atom. The van der Waals surface area contributed by atoms with E-state index in [1.54, 1.807) is 0 Å². The largest absolute Gasteiger partial charge is 0.292 e. The normalized spacial score (nSPS) is 21.2. The Morgan fingerprint density at radius 2 is 1.45 bits per heavy atom. The number of piperidine rings is 1. The van der Waals surface area contributed by atoms with Crippen molar-refractivity contribution in [3.63, 3.8) is 0 Å². The molecule has 0 spiro atoms. The molecule has 2 amide bonds. The van der Waals surface area contributed by atoms with E-state index in [-0.39, 0.29) is 24.1 Å². The summed E-state index contributed by atoms with van der Waals surface area (Å²) in [4.78, 5) is 28.6. The maximum Gasteiger partial charge on any atom is 0.251 e. The number of nitrogens with zero attached hydrogens (tertiary/aromatic N) is 2. The van der Waals surface area contributed by atoms with Crippen molar-refractivity contribution < 1.29 is 18.4 Å². The summed E-state index contributed by atoms with van der Waals surface area (Å²) in [7, 11) is 0. The molecule has 0 bridgehead atoms. The van der Waals surface area contributed by atoms with Crippen LogP contribution in [-0.2, 0) is 16.0 Å². The molecule has 4 rings (SSSR count). The molecule has 2 fully saturated rings. The van der Waals surface area contributed by atoms with Gasteiger partial charge in [-0.2, -0.15) is 0 Å². The number of hydrogen-bond donors (Lipinski definition) is 0. The number of amides is 2. The van der Waals surface area contributed by atoms with Crippen LogP contribution in [-0.4, -0.2) is 35.8 Å². The third-order valence-electron chi connectivity index (χ3n) is 6.05. The lowest BCUT2D eigenvalue weighted by atomic mass is 9.90. The van der Waals surface area contributed by atoms with E-state index in [2.05, 4.69) is 4.90 Å². The minimum Gasteiger partial charge on any atom is -0.292 e. The average molecular weight is 398 g/mol. The number of carbonyl (C=O) groups excluding carboxylic acids is 2. The third-order valence-corrected chi connectivity index (χ3v) is 6.05. The zero-order valence-corrected chi connectivity index (χ0v) is 16.2. The molecule has 1 atom stereocenters. The molecule has 0 aliphatic carbocycles. The molecule has 0 radical (unpaired) electrons. The van der Waals surface area contributed by atoms with Gasteiger partial charge in [0.25, 0.3) is 5.91 Å². The van der Waals surface area contributed by atoms with Crippen LogP contribution in [0.3, 0.4) is 0 Å². The fourth-order valence-electron chi connectivity index (χ4n) is 4.34. The van der Waals surface area contributed by atoms with Gasteiger partial charge in [0.2, 0.25) is 5.91 Å². The maximum atomic E-state index is 13.1. The minimum atomic E-state index is -0.425. The quantitative estimate of drug-likeness (QED) is 0.717. The Hall–Kier alpha value is -2.60. The Balaban J connectivity index is 1.31. The van der Waals surface area contributed by atoms with E-state index in [1.807, 2.05) is 12.1 Å². The molecule has 2 aromatic carbocycles. The van der Waals surface area contributed by atoms with Crippen LogP contribution >= 0.6 is 0 Å². The van der Waals surface area contributed by atoms with Gasteiger partial charge >= 0.3 is 0 Å². The molecule has 2 aromatic rings. The first kappa shape index (κ1) is 19.7. The highest BCUT2D eigenvalue weighted by molar-refractivity contribution is 6.22. The summed E-state index contributed by atoms with van der Waals surface area (Å²) in [6.45, 7) is 1.57. The summed E-state index contributed by atoms with van der Waals surface area (Å²) in [5, 5.41) is 0. The van der Waals surface area contributed by atoms with Crippen LogP contribution in [0.25, 0.3) is 0 Å². The number of hydrogen-bond acceptors (Lipinski definition) is 3. The van der Waals surface area contributed by atoms with Crippen LogP contribution in [0, 0.1) is 17.6 Å². The molecule has 0 aromatic heterocycles. The fraction of sp³-hybridized carbons (Fsp3) is 0.391. The molecule has 0 N–H and O–H groups in total. The molecule has 2 aliphatic rings. The summed E-state index contributed by atoms with van der Waals surface area (Å²) >= 11 is 0. The molecular weight excluding hydrogens is 374 g/mol. The molecule has 2 heterocycles. The van der Waals surface area contributed by atoms with E-state index in [1.165, 1.54) is 41.3 Å². The number of halogens is 2. The second kappa shape index (κ2) is 8.41. The molecule has 4 nitrogen and oxygen atoms in total. The van der Waals surface area contributed by atoms with Crippen LogP contribution in [0.1, 0.15) is 31.2 Å². The van der Waals surface area contributed by atoms with E-state index >= 15 is 0 Å². The van der Waals surface area contributed by atoms with E-state index in [9.17, 15) is 18.4 Å². The molecule has 2 saturated heterocycles. The van der Waals surface area contributed by atoms with Crippen molar-refractivity contribution in [1.29, 1.82) is 0 Å². The van der Waals surface area contributed by atoms with Gasteiger partial charge in [-0.15, -0.1) is 0 Å². The van der Waals surface area contributed by atoms with Crippen molar-refractivity contribution in [2.24, 2.45) is 5.92 Å². The van der Waals surface area contributed by atoms with Crippen LogP contribution in [0.2, 0.25) is 0 Å². The summed E-state index contributed by atoms with van der Waals surface area (Å²) < 4.78 is 26.2. The molecule has 0 unspecified atom stereocenters. The highest BCUT2D eigenvalue weighted by atomic mass is 19.1. The smallest absolute Gasteiger partial charge is 0.251 e. The highest BCUT2D eigenvalue weighted by Gasteiger charge is 2.43. The van der Waals surface area contributed by atoms with Crippen LogP contribution in [0.5, 0.6) is 0 Å². The molecular formula is C23H24F2N2O2. The predicted octanol–water partition coefficient (Wildman–Crippen LogP) is 3.94. The lowest BCUT2D eigenvalue weighted by Crippen LogP contribution is -2.46. The van der Waals surface area contributed by atoms with Gasteiger partial charge in [0.05, 0.1) is 18.2 Å². The number of likely N-dealkylation sites (tertiary alicyclic amines) is 1. The predicted molar refractivity (Wildman–Crippen MR) is 106 cm³/mol. The minimum absolute atomic E-state index is 0.177. The standard InChI is InChI=1S/C23H24F2N2O2/c24-18-5-3-16(4-6-18)1-2-17-11-13-26(14-12-17)21-15-22(28)27(23(21)29)20-9-7-19(25)8-10-20/h3-10,17,21H,1-2,11-15H2/t21-/m1/s1. The van der Waals surface area contributed by atoms with Crippen molar-refractivity contribution >= 4 is 17.5 Å². The number of imide groups is 1. The van der Waals surface area contributed by atoms with Gasteiger partial charge in [0.15, 0.2) is 0 Å². The number of carbonyl (C=O) groups is 2. The number of anilines is 1. The Bertz CT molecular complexity index is 875. The van der Waals surface area contributed by atoms with Crippen LogP contribution in [0.15, 0.2) is 48.5 Å². The first-order chi connectivity index (χ1) is 14.0. The SMILES string of the molecule is O=C1C[C@@H](N2CCC(CCc3ccc(F)cc3)CC2)C(=O)N1c1ccc(F)cc1. The first-order valence-electron chi connectivity index (χ1n) is 10.1. The second-order valence-corrected chi connectivity index (χ2v) is 7.91. The van der Waals surface area contributed by atoms with Crippen molar-refractivity contribution in [2.75, 3.05) is 18.0 Å². The van der Waals surface area contributed by atoms with Gasteiger partial charge in [-0.05, 0) is 86.7 Å². The molecule has 0 saturated carbocycles. The summed E-state index contributed by atoms with van der Waals surface area (Å²) in [5.74, 6) is -0.493. The third kappa shape index (κ3) is 4.37. The zero-order chi connectivity index (χ0) is 20.4. The molecule has 29 heavy (non-hydrogen) atoms. The zero-order valence-electron chi connectivity index (χ0n) is 16.2. The summed E-state index contributed by atoms with van der Waals surface area (Å²) in [6, 6.07) is 11.7. The van der Waals surface area contributed by atoms with E-state index in [0.29, 0.717) is 11.6 Å². The van der Waals surface area contributed by atoms with E-state index in [4.69, 9.17) is 0 Å². The average Bonchev–Trinajstić information content (AvgIpc) is 3.03. The van der Waals surface area contributed by atoms with Crippen molar-refractivity contribution in [1.82, 2.24) is 4.90 Å². The van der Waals surface area contributed by atoms with E-state index in [0.717, 1.165) is 44.3 Å². The van der Waals surface area contributed by atoms with Crippen LogP contribution < -0.4 is 4.90 Å². The Morgan fingerprint density at radius 3 is 2.07 bits per heavy atom. The number of rotatable bonds is 5. The van der Waals surface area contributed by atoms with Gasteiger partial charge in [0.1, 0.15) is 11.6 Å². The number of benzene rings is 2. The van der Waals surface area contributed by atoms with Gasteiger partial charge in [-0.25, -0.2) is 13.7 Å². The van der Waals surface area contributed by atoms with Gasteiger partial charge in [-0.1, -0.05) is 12.1 Å². The summed E-state index contributed by atoms with van der Waals surface area (Å²) in [6.07, 6.45) is 4.10. The summed E-state index contributed by atoms with van der Waals surface area (Å²) in [5.41, 5.74) is 1.57. The highest BCUT2D eigenvalue weighted by Crippen LogP contribution is 2.30. The topological polar surface area (TPSA) is 40.6 Å². The van der Waals surface area contributed by atoms with Gasteiger partial charge in [-0.3, -0.25) is 14.5 Å². The molecule has 152 valence electrons. The lowest BCUT2D eigenvalue weighted by Gasteiger charge is -2.34. The fourth-order valence-corrected chi connectivity index (χ4v) is 4.34. The lowest BCUT2D eigenvalue weighted by molar-refractivity contribution is -0.123. The molecule has 6 heteroatoms. The van der Waals surface area contributed by atoms with Crippen LogP contribution in [0.4, 0.5) is 14.5 Å². The van der Waals surface area contributed by atoms with Gasteiger partial charge < -0.3 is 0 Å². The monoisotopic (exact) mass is 398 g/mol. The van der Waals surface area contributed by atoms with Crippen molar-refractivity contribution in [3.8, 4) is 0 Å². The van der Waals surface area contributed by atoms with Gasteiger partial charge in [0, 0.05) is 0 Å². The number of aryl methyl sites for hydroxylation is 1. The first-order valence-corrected chi connectivity index (χ1v) is 10.1. The Labute approximate surface area is 169 Å². The maximum absolute atomic E-state index is 13.1. The Kier molecular flexibility index (Phi) is 5.72. The van der Waals surface area contributed by atoms with E-state index < -0.39 is 11.9 Å². The molecule has 2 aliphatic heterocycles. The van der Waals surface area contributed by atoms with Crippen molar-refractivity contribution in [2.45, 2.75) is 38.1 Å².